The Morgan fingerprint density at radius 2 is 1.76 bits per heavy atom. The highest BCUT2D eigenvalue weighted by atomic mass is 35.5. The number of rotatable bonds is 8. The second kappa shape index (κ2) is 11.9. The molecule has 37 heavy (non-hydrogen) atoms. The topological polar surface area (TPSA) is 74.5 Å². The molecule has 190 valence electrons. The lowest BCUT2D eigenvalue weighted by atomic mass is 10.1. The lowest BCUT2D eigenvalue weighted by Crippen LogP contribution is -2.46. The van der Waals surface area contributed by atoms with E-state index < -0.39 is 0 Å². The molecule has 0 radical (unpaired) electrons. The minimum atomic E-state index is -0.151. The summed E-state index contributed by atoms with van der Waals surface area (Å²) in [5.74, 6) is 1.99. The predicted octanol–water partition coefficient (Wildman–Crippen LogP) is 5.93. The van der Waals surface area contributed by atoms with Gasteiger partial charge >= 0.3 is 0 Å². The first-order chi connectivity index (χ1) is 18.0. The Kier molecular flexibility index (Phi) is 8.18. The van der Waals surface area contributed by atoms with Crippen molar-refractivity contribution < 1.29 is 9.21 Å². The van der Waals surface area contributed by atoms with Gasteiger partial charge in [-0.05, 0) is 48.0 Å². The molecule has 3 heterocycles. The Labute approximate surface area is 229 Å². The van der Waals surface area contributed by atoms with Crippen LogP contribution < -0.4 is 15.1 Å². The third-order valence-electron chi connectivity index (χ3n) is 6.00. The van der Waals surface area contributed by atoms with E-state index in [1.165, 1.54) is 11.8 Å². The molecule has 7 nitrogen and oxygen atoms in total. The zero-order valence-electron chi connectivity index (χ0n) is 19.9. The molecule has 0 spiro atoms. The fourth-order valence-corrected chi connectivity index (χ4v) is 5.32. The Bertz CT molecular complexity index is 1360. The summed E-state index contributed by atoms with van der Waals surface area (Å²) in [7, 11) is 0. The normalized spacial score (nSPS) is 13.6. The van der Waals surface area contributed by atoms with Crippen LogP contribution in [-0.4, -0.2) is 42.1 Å². The molecule has 1 fully saturated rings. The number of amides is 1. The largest absolute Gasteiger partial charge is 0.467 e. The molecular weight excluding hydrogens is 529 g/mol. The van der Waals surface area contributed by atoms with Crippen LogP contribution in [0.25, 0.3) is 0 Å². The van der Waals surface area contributed by atoms with E-state index >= 15 is 0 Å². The van der Waals surface area contributed by atoms with Crippen molar-refractivity contribution in [1.82, 2.24) is 15.3 Å². The number of benzene rings is 2. The van der Waals surface area contributed by atoms with E-state index in [0.717, 1.165) is 48.3 Å². The molecule has 10 heteroatoms. The second-order valence-electron chi connectivity index (χ2n) is 8.54. The van der Waals surface area contributed by atoms with Crippen LogP contribution >= 0.6 is 35.0 Å². The first-order valence-electron chi connectivity index (χ1n) is 11.9. The van der Waals surface area contributed by atoms with E-state index in [4.69, 9.17) is 32.6 Å². The van der Waals surface area contributed by atoms with Crippen molar-refractivity contribution in [1.29, 1.82) is 0 Å². The van der Waals surface area contributed by atoms with Gasteiger partial charge in [0, 0.05) is 54.3 Å². The van der Waals surface area contributed by atoms with Crippen molar-refractivity contribution >= 4 is 52.4 Å². The molecule has 5 rings (SSSR count). The quantitative estimate of drug-likeness (QED) is 0.165. The van der Waals surface area contributed by atoms with Crippen molar-refractivity contribution in [3.05, 3.63) is 100 Å². The van der Waals surface area contributed by atoms with Gasteiger partial charge in [-0.2, -0.15) is 0 Å². The number of hydrogen-bond acceptors (Lipinski definition) is 7. The number of carbonyl (C=O) groups excluding carboxylic acids is 1. The highest BCUT2D eigenvalue weighted by molar-refractivity contribution is 7.98. The van der Waals surface area contributed by atoms with Crippen molar-refractivity contribution in [3.63, 3.8) is 0 Å². The Balaban J connectivity index is 1.19. The molecule has 0 atom stereocenters. The van der Waals surface area contributed by atoms with Crippen molar-refractivity contribution in [3.8, 4) is 0 Å². The maximum atomic E-state index is 12.5. The van der Waals surface area contributed by atoms with Gasteiger partial charge in [0.25, 0.3) is 5.91 Å². The van der Waals surface area contributed by atoms with Crippen molar-refractivity contribution in [2.24, 2.45) is 0 Å². The molecule has 1 saturated heterocycles. The maximum absolute atomic E-state index is 12.5. The van der Waals surface area contributed by atoms with Gasteiger partial charge in [0.05, 0.1) is 12.8 Å². The van der Waals surface area contributed by atoms with Crippen LogP contribution in [0.3, 0.4) is 0 Å². The summed E-state index contributed by atoms with van der Waals surface area (Å²) >= 11 is 14.0. The van der Waals surface area contributed by atoms with Crippen LogP contribution in [0.1, 0.15) is 21.7 Å². The number of piperazine rings is 1. The van der Waals surface area contributed by atoms with Gasteiger partial charge in [0.2, 0.25) is 0 Å². The average Bonchev–Trinajstić information content (AvgIpc) is 3.44. The molecular formula is C27H25Cl2N5O2S. The van der Waals surface area contributed by atoms with E-state index in [2.05, 4.69) is 26.2 Å². The van der Waals surface area contributed by atoms with E-state index in [0.29, 0.717) is 33.9 Å². The number of furan rings is 1. The summed E-state index contributed by atoms with van der Waals surface area (Å²) in [6.45, 7) is 3.70. The standard InChI is InChI=1S/C27H25Cl2N5O2S/c28-21-6-2-7-22(15-21)33-9-11-34(12-10-33)25-16-24(29)31-27(32-25)37-18-19-4-1-5-20(14-19)26(35)30-17-23-8-3-13-36-23/h1-8,13-16H,9-12,17-18H2,(H,30,35). The molecule has 1 amide bonds. The third kappa shape index (κ3) is 6.77. The summed E-state index contributed by atoms with van der Waals surface area (Å²) in [5.41, 5.74) is 2.71. The van der Waals surface area contributed by atoms with Crippen LogP contribution in [0.5, 0.6) is 0 Å². The van der Waals surface area contributed by atoms with Crippen molar-refractivity contribution in [2.75, 3.05) is 36.0 Å². The van der Waals surface area contributed by atoms with Crippen LogP contribution in [0, 0.1) is 0 Å². The molecule has 0 saturated carbocycles. The third-order valence-corrected chi connectivity index (χ3v) is 7.35. The lowest BCUT2D eigenvalue weighted by Gasteiger charge is -2.36. The Morgan fingerprint density at radius 3 is 2.54 bits per heavy atom. The van der Waals surface area contributed by atoms with Crippen LogP contribution in [0.2, 0.25) is 10.2 Å². The van der Waals surface area contributed by atoms with E-state index in [-0.39, 0.29) is 5.91 Å². The molecule has 4 aromatic rings. The highest BCUT2D eigenvalue weighted by Gasteiger charge is 2.20. The SMILES string of the molecule is O=C(NCc1ccco1)c1cccc(CSc2nc(Cl)cc(N3CCN(c4cccc(Cl)c4)CC3)n2)c1. The Morgan fingerprint density at radius 1 is 0.946 bits per heavy atom. The van der Waals surface area contributed by atoms with Gasteiger partial charge < -0.3 is 19.5 Å². The summed E-state index contributed by atoms with van der Waals surface area (Å²) in [5, 5.41) is 4.63. The lowest BCUT2D eigenvalue weighted by molar-refractivity contribution is 0.0948. The van der Waals surface area contributed by atoms with E-state index in [9.17, 15) is 4.79 Å². The number of thioether (sulfide) groups is 1. The fraction of sp³-hybridized carbons (Fsp3) is 0.222. The highest BCUT2D eigenvalue weighted by Crippen LogP contribution is 2.27. The summed E-state index contributed by atoms with van der Waals surface area (Å²) in [6, 6.07) is 20.9. The molecule has 2 aromatic carbocycles. The van der Waals surface area contributed by atoms with E-state index in [1.54, 1.807) is 18.4 Å². The second-order valence-corrected chi connectivity index (χ2v) is 10.3. The van der Waals surface area contributed by atoms with Gasteiger partial charge in [0.1, 0.15) is 16.7 Å². The van der Waals surface area contributed by atoms with Gasteiger partial charge in [0.15, 0.2) is 5.16 Å². The van der Waals surface area contributed by atoms with Gasteiger partial charge in [-0.15, -0.1) is 0 Å². The van der Waals surface area contributed by atoms with Gasteiger partial charge in [-0.1, -0.05) is 53.2 Å². The first-order valence-corrected chi connectivity index (χ1v) is 13.6. The molecule has 1 aliphatic heterocycles. The summed E-state index contributed by atoms with van der Waals surface area (Å²) in [6.07, 6.45) is 1.59. The number of nitrogens with zero attached hydrogens (tertiary/aromatic N) is 4. The van der Waals surface area contributed by atoms with Gasteiger partial charge in [-0.25, -0.2) is 9.97 Å². The molecule has 1 aliphatic rings. The fourth-order valence-electron chi connectivity index (χ4n) is 4.11. The van der Waals surface area contributed by atoms with Gasteiger partial charge in [-0.3, -0.25) is 4.79 Å². The Hall–Kier alpha value is -3.20. The number of hydrogen-bond donors (Lipinski definition) is 1. The molecule has 0 unspecified atom stereocenters. The van der Waals surface area contributed by atoms with Crippen LogP contribution in [0.4, 0.5) is 11.5 Å². The minimum Gasteiger partial charge on any atom is -0.467 e. The number of aromatic nitrogens is 2. The van der Waals surface area contributed by atoms with E-state index in [1.807, 2.05) is 48.5 Å². The average molecular weight is 555 g/mol. The summed E-state index contributed by atoms with van der Waals surface area (Å²) < 4.78 is 5.27. The molecule has 0 aliphatic carbocycles. The van der Waals surface area contributed by atoms with Crippen LogP contribution in [0.15, 0.2) is 82.6 Å². The number of anilines is 2. The number of nitrogens with one attached hydrogen (secondary N) is 1. The zero-order valence-corrected chi connectivity index (χ0v) is 22.3. The maximum Gasteiger partial charge on any atom is 0.251 e. The van der Waals surface area contributed by atoms with Crippen molar-refractivity contribution in [2.45, 2.75) is 17.5 Å². The zero-order chi connectivity index (χ0) is 25.6. The minimum absolute atomic E-state index is 0.151. The monoisotopic (exact) mass is 553 g/mol. The van der Waals surface area contributed by atoms with Crippen LogP contribution in [-0.2, 0) is 12.3 Å². The first kappa shape index (κ1) is 25.4. The summed E-state index contributed by atoms with van der Waals surface area (Å²) in [4.78, 5) is 26.3. The molecule has 1 N–H and O–H groups in total. The molecule has 0 bridgehead atoms. The predicted molar refractivity (Wildman–Crippen MR) is 149 cm³/mol. The number of carbonyl (C=O) groups is 1. The smallest absolute Gasteiger partial charge is 0.251 e. The number of halogens is 2. The molecule has 2 aromatic heterocycles.